The fourth-order valence-corrected chi connectivity index (χ4v) is 2.72. The van der Waals surface area contributed by atoms with Crippen LogP contribution in [0, 0.1) is 0 Å². The van der Waals surface area contributed by atoms with E-state index in [2.05, 4.69) is 58.6 Å². The van der Waals surface area contributed by atoms with Crippen LogP contribution in [0.1, 0.15) is 25.5 Å². The molecule has 0 saturated heterocycles. The van der Waals surface area contributed by atoms with E-state index in [0.717, 1.165) is 13.1 Å². The number of nitrogens with zero attached hydrogens (tertiary/aromatic N) is 3. The van der Waals surface area contributed by atoms with E-state index in [0.29, 0.717) is 25.7 Å². The van der Waals surface area contributed by atoms with E-state index in [1.165, 1.54) is 5.56 Å². The average Bonchev–Trinajstić information content (AvgIpc) is 2.69. The molecule has 1 atom stereocenters. The number of carbonyl (C=O) groups is 1. The largest absolute Gasteiger partial charge is 0.383 e. The van der Waals surface area contributed by atoms with Crippen molar-refractivity contribution in [3.05, 3.63) is 35.9 Å². The van der Waals surface area contributed by atoms with Crippen molar-refractivity contribution in [1.29, 1.82) is 0 Å². The van der Waals surface area contributed by atoms with Gasteiger partial charge in [-0.2, -0.15) is 0 Å². The summed E-state index contributed by atoms with van der Waals surface area (Å²) in [6, 6.07) is 10.7. The topological polar surface area (TPSA) is 69.2 Å². The molecule has 1 rings (SSSR count). The Morgan fingerprint density at radius 3 is 2.32 bits per heavy atom. The highest BCUT2D eigenvalue weighted by atomic mass is 127. The Bertz CT molecular complexity index is 565. The van der Waals surface area contributed by atoms with E-state index in [9.17, 15) is 4.79 Å². The number of rotatable bonds is 11. The first kappa shape index (κ1) is 26.6. The summed E-state index contributed by atoms with van der Waals surface area (Å²) in [6.07, 6.45) is 0. The van der Waals surface area contributed by atoms with Gasteiger partial charge >= 0.3 is 0 Å². The highest BCUT2D eigenvalue weighted by molar-refractivity contribution is 14.0. The van der Waals surface area contributed by atoms with Crippen molar-refractivity contribution >= 4 is 35.8 Å². The first-order valence-corrected chi connectivity index (χ1v) is 9.53. The van der Waals surface area contributed by atoms with Gasteiger partial charge in [0.1, 0.15) is 6.54 Å². The maximum Gasteiger partial charge on any atom is 0.243 e. The lowest BCUT2D eigenvalue weighted by atomic mass is 10.1. The van der Waals surface area contributed by atoms with Crippen LogP contribution in [-0.2, 0) is 9.53 Å². The van der Waals surface area contributed by atoms with Crippen LogP contribution in [0.3, 0.4) is 0 Å². The van der Waals surface area contributed by atoms with Crippen LogP contribution >= 0.6 is 24.0 Å². The standard InChI is InChI=1S/C20H35N5O2.HI/c1-6-25(7-2)18(17-11-9-8-10-12-17)15-22-20(21-13-14-27-5)23-16-19(26)24(3)4;/h8-12,18H,6-7,13-16H2,1-5H3,(H2,21,22,23);1H. The van der Waals surface area contributed by atoms with Gasteiger partial charge in [-0.15, -0.1) is 24.0 Å². The maximum absolute atomic E-state index is 11.9. The summed E-state index contributed by atoms with van der Waals surface area (Å²) >= 11 is 0. The zero-order chi connectivity index (χ0) is 20.1. The second kappa shape index (κ2) is 15.5. The van der Waals surface area contributed by atoms with Gasteiger partial charge in [0, 0.05) is 34.3 Å². The van der Waals surface area contributed by atoms with Crippen molar-refractivity contribution in [2.45, 2.75) is 19.9 Å². The molecule has 28 heavy (non-hydrogen) atoms. The van der Waals surface area contributed by atoms with E-state index < -0.39 is 0 Å². The highest BCUT2D eigenvalue weighted by Gasteiger charge is 2.18. The maximum atomic E-state index is 11.9. The molecule has 0 aromatic heterocycles. The molecule has 0 spiro atoms. The molecule has 1 aromatic rings. The minimum absolute atomic E-state index is 0. The van der Waals surface area contributed by atoms with Crippen molar-refractivity contribution in [2.24, 2.45) is 4.99 Å². The molecule has 0 aliphatic rings. The third kappa shape index (κ3) is 9.70. The molecule has 0 aliphatic heterocycles. The Morgan fingerprint density at radius 2 is 1.79 bits per heavy atom. The van der Waals surface area contributed by atoms with Crippen LogP contribution in [0.25, 0.3) is 0 Å². The SMILES string of the molecule is CCN(CC)C(CNC(=NCC(=O)N(C)C)NCCOC)c1ccccc1.I. The van der Waals surface area contributed by atoms with Gasteiger partial charge in [-0.1, -0.05) is 44.2 Å². The molecule has 8 heteroatoms. The normalized spacial score (nSPS) is 12.3. The summed E-state index contributed by atoms with van der Waals surface area (Å²) in [5, 5.41) is 6.61. The summed E-state index contributed by atoms with van der Waals surface area (Å²) < 4.78 is 5.10. The number of carbonyl (C=O) groups excluding carboxylic acids is 1. The first-order valence-electron chi connectivity index (χ1n) is 9.53. The smallest absolute Gasteiger partial charge is 0.243 e. The molecule has 7 nitrogen and oxygen atoms in total. The van der Waals surface area contributed by atoms with Gasteiger partial charge < -0.3 is 20.3 Å². The molecule has 0 fully saturated rings. The van der Waals surface area contributed by atoms with Gasteiger partial charge in [0.25, 0.3) is 0 Å². The Morgan fingerprint density at radius 1 is 1.14 bits per heavy atom. The lowest BCUT2D eigenvalue weighted by molar-refractivity contribution is -0.127. The summed E-state index contributed by atoms with van der Waals surface area (Å²) in [6.45, 7) is 8.25. The third-order valence-corrected chi connectivity index (χ3v) is 4.37. The van der Waals surface area contributed by atoms with Gasteiger partial charge in [0.15, 0.2) is 5.96 Å². The predicted octanol–water partition coefficient (Wildman–Crippen LogP) is 1.96. The van der Waals surface area contributed by atoms with Gasteiger partial charge in [-0.05, 0) is 18.7 Å². The number of amides is 1. The number of methoxy groups -OCH3 is 1. The van der Waals surface area contributed by atoms with E-state index in [4.69, 9.17) is 4.74 Å². The van der Waals surface area contributed by atoms with Crippen LogP contribution in [0.15, 0.2) is 35.3 Å². The van der Waals surface area contributed by atoms with Gasteiger partial charge in [-0.3, -0.25) is 9.69 Å². The highest BCUT2D eigenvalue weighted by Crippen LogP contribution is 2.19. The number of ether oxygens (including phenoxy) is 1. The van der Waals surface area contributed by atoms with Crippen LogP contribution < -0.4 is 10.6 Å². The van der Waals surface area contributed by atoms with Crippen molar-refractivity contribution in [3.63, 3.8) is 0 Å². The number of aliphatic imine (C=N–C) groups is 1. The van der Waals surface area contributed by atoms with Crippen LogP contribution in [0.4, 0.5) is 0 Å². The van der Waals surface area contributed by atoms with Crippen LogP contribution in [0.2, 0.25) is 0 Å². The van der Waals surface area contributed by atoms with Crippen LogP contribution in [0.5, 0.6) is 0 Å². The summed E-state index contributed by atoms with van der Waals surface area (Å²) in [7, 11) is 5.12. The van der Waals surface area contributed by atoms with E-state index in [-0.39, 0.29) is 42.5 Å². The lowest BCUT2D eigenvalue weighted by Crippen LogP contribution is -2.44. The number of hydrogen-bond acceptors (Lipinski definition) is 4. The summed E-state index contributed by atoms with van der Waals surface area (Å²) in [4.78, 5) is 20.2. The average molecular weight is 505 g/mol. The van der Waals surface area contributed by atoms with Crippen molar-refractivity contribution in [3.8, 4) is 0 Å². The Hall–Kier alpha value is -1.39. The van der Waals surface area contributed by atoms with Gasteiger partial charge in [-0.25, -0.2) is 4.99 Å². The number of nitrogens with one attached hydrogen (secondary N) is 2. The van der Waals surface area contributed by atoms with E-state index >= 15 is 0 Å². The quantitative estimate of drug-likeness (QED) is 0.208. The molecule has 0 bridgehead atoms. The summed E-state index contributed by atoms with van der Waals surface area (Å²) in [5.74, 6) is 0.585. The predicted molar refractivity (Wildman–Crippen MR) is 126 cm³/mol. The molecule has 0 aliphatic carbocycles. The Kier molecular flexibility index (Phi) is 14.8. The molecule has 1 unspecified atom stereocenters. The second-order valence-corrected chi connectivity index (χ2v) is 6.40. The number of guanidine groups is 1. The zero-order valence-corrected chi connectivity index (χ0v) is 20.1. The monoisotopic (exact) mass is 505 g/mol. The number of hydrogen-bond donors (Lipinski definition) is 2. The van der Waals surface area contributed by atoms with E-state index in [1.807, 2.05) is 6.07 Å². The van der Waals surface area contributed by atoms with Crippen molar-refractivity contribution in [2.75, 3.05) is 60.5 Å². The third-order valence-electron chi connectivity index (χ3n) is 4.37. The molecule has 0 radical (unpaired) electrons. The molecule has 0 saturated carbocycles. The van der Waals surface area contributed by atoms with Gasteiger partial charge in [0.2, 0.25) is 5.91 Å². The molecular weight excluding hydrogens is 469 g/mol. The Balaban J connectivity index is 0.00000729. The molecule has 160 valence electrons. The fourth-order valence-electron chi connectivity index (χ4n) is 2.72. The van der Waals surface area contributed by atoms with Gasteiger partial charge in [0.05, 0.1) is 12.6 Å². The first-order chi connectivity index (χ1) is 13.0. The molecular formula is C20H36IN5O2. The second-order valence-electron chi connectivity index (χ2n) is 6.40. The molecule has 0 heterocycles. The number of halogens is 1. The van der Waals surface area contributed by atoms with E-state index in [1.54, 1.807) is 26.1 Å². The number of likely N-dealkylation sites (N-methyl/N-ethyl adjacent to an activating group) is 2. The minimum atomic E-state index is -0.0359. The molecule has 1 amide bonds. The summed E-state index contributed by atoms with van der Waals surface area (Å²) in [5.41, 5.74) is 1.26. The van der Waals surface area contributed by atoms with Crippen molar-refractivity contribution < 1.29 is 9.53 Å². The molecule has 1 aromatic carbocycles. The zero-order valence-electron chi connectivity index (χ0n) is 17.8. The lowest BCUT2D eigenvalue weighted by Gasteiger charge is -2.31. The Labute approximate surface area is 186 Å². The fraction of sp³-hybridized carbons (Fsp3) is 0.600. The number of benzene rings is 1. The van der Waals surface area contributed by atoms with Crippen LogP contribution in [-0.4, -0.2) is 82.2 Å². The molecule has 2 N–H and O–H groups in total. The van der Waals surface area contributed by atoms with Crippen molar-refractivity contribution in [1.82, 2.24) is 20.4 Å². The minimum Gasteiger partial charge on any atom is -0.383 e.